The van der Waals surface area contributed by atoms with Crippen molar-refractivity contribution in [2.75, 3.05) is 21.3 Å². The number of hydrogen-bond donors (Lipinski definition) is 0. The van der Waals surface area contributed by atoms with Crippen LogP contribution in [0.1, 0.15) is 36.0 Å². The topological polar surface area (TPSA) is 38.8 Å². The lowest BCUT2D eigenvalue weighted by molar-refractivity contribution is 0.0764. The number of Topliss-reactive ketones (excluding diaryl/α,β-unsaturated/α-hetero) is 1. The maximum absolute atomic E-state index is 12.9. The van der Waals surface area contributed by atoms with Gasteiger partial charge in [0, 0.05) is 18.0 Å². The van der Waals surface area contributed by atoms with Gasteiger partial charge >= 0.3 is 0 Å². The van der Waals surface area contributed by atoms with E-state index >= 15 is 0 Å². The molecule has 2 atom stereocenters. The number of piperidine rings is 1. The standard InChI is InChI=1S/C17H23NO3/c1-18-12-4-5-13(18)9-11(8-12)17(19)15-10-14(20-2)6-7-16(15)21-3/h6-7,10-13H,4-5,8-9H2,1-3H3. The molecule has 2 heterocycles. The lowest BCUT2D eigenvalue weighted by Gasteiger charge is -2.35. The molecule has 0 amide bonds. The zero-order valence-corrected chi connectivity index (χ0v) is 13.0. The predicted octanol–water partition coefficient (Wildman–Crippen LogP) is 2.76. The van der Waals surface area contributed by atoms with Crippen molar-refractivity contribution < 1.29 is 14.3 Å². The summed E-state index contributed by atoms with van der Waals surface area (Å²) in [6, 6.07) is 6.58. The van der Waals surface area contributed by atoms with Gasteiger partial charge in [0.15, 0.2) is 5.78 Å². The number of nitrogens with zero attached hydrogens (tertiary/aromatic N) is 1. The molecule has 4 heteroatoms. The van der Waals surface area contributed by atoms with Gasteiger partial charge < -0.3 is 14.4 Å². The van der Waals surface area contributed by atoms with Gasteiger partial charge in [-0.05, 0) is 50.9 Å². The molecular weight excluding hydrogens is 266 g/mol. The van der Waals surface area contributed by atoms with Crippen LogP contribution in [0.4, 0.5) is 0 Å². The Kier molecular flexibility index (Phi) is 3.89. The van der Waals surface area contributed by atoms with Crippen LogP contribution in [-0.2, 0) is 0 Å². The second-order valence-corrected chi connectivity index (χ2v) is 6.15. The highest BCUT2D eigenvalue weighted by molar-refractivity contribution is 6.00. The summed E-state index contributed by atoms with van der Waals surface area (Å²) in [5, 5.41) is 0. The smallest absolute Gasteiger partial charge is 0.169 e. The number of fused-ring (bicyclic) bond motifs is 2. The summed E-state index contributed by atoms with van der Waals surface area (Å²) >= 11 is 0. The first-order valence-electron chi connectivity index (χ1n) is 7.62. The van der Waals surface area contributed by atoms with E-state index in [9.17, 15) is 4.79 Å². The Morgan fingerprint density at radius 2 is 1.81 bits per heavy atom. The summed E-state index contributed by atoms with van der Waals surface area (Å²) in [6.07, 6.45) is 4.37. The fourth-order valence-corrected chi connectivity index (χ4v) is 3.85. The summed E-state index contributed by atoms with van der Waals surface area (Å²) in [5.74, 6) is 1.66. The number of carbonyl (C=O) groups is 1. The minimum Gasteiger partial charge on any atom is -0.497 e. The molecule has 4 nitrogen and oxygen atoms in total. The third-order valence-electron chi connectivity index (χ3n) is 5.14. The maximum atomic E-state index is 12.9. The molecule has 2 aliphatic heterocycles. The SMILES string of the molecule is COc1ccc(OC)c(C(=O)C2CC3CCC(C2)N3C)c1. The molecule has 2 saturated heterocycles. The monoisotopic (exact) mass is 289 g/mol. The van der Waals surface area contributed by atoms with Crippen molar-refractivity contribution in [3.8, 4) is 11.5 Å². The molecule has 2 bridgehead atoms. The Morgan fingerprint density at radius 3 is 2.38 bits per heavy atom. The Balaban J connectivity index is 1.85. The third-order valence-corrected chi connectivity index (χ3v) is 5.14. The van der Waals surface area contributed by atoms with Gasteiger partial charge in [-0.3, -0.25) is 4.79 Å². The van der Waals surface area contributed by atoms with E-state index in [-0.39, 0.29) is 11.7 Å². The second-order valence-electron chi connectivity index (χ2n) is 6.15. The van der Waals surface area contributed by atoms with Gasteiger partial charge in [0.2, 0.25) is 0 Å². The molecule has 0 aliphatic carbocycles. The van der Waals surface area contributed by atoms with E-state index in [1.54, 1.807) is 20.3 Å². The molecule has 1 aromatic carbocycles. The largest absolute Gasteiger partial charge is 0.497 e. The van der Waals surface area contributed by atoms with Gasteiger partial charge in [-0.25, -0.2) is 0 Å². The predicted molar refractivity (Wildman–Crippen MR) is 81.2 cm³/mol. The van der Waals surface area contributed by atoms with Crippen LogP contribution < -0.4 is 9.47 Å². The number of carbonyl (C=O) groups excluding carboxylic acids is 1. The van der Waals surface area contributed by atoms with Crippen LogP contribution in [0.5, 0.6) is 11.5 Å². The van der Waals surface area contributed by atoms with E-state index in [0.717, 1.165) is 12.8 Å². The van der Waals surface area contributed by atoms with E-state index in [2.05, 4.69) is 11.9 Å². The number of ketones is 1. The van der Waals surface area contributed by atoms with Gasteiger partial charge in [0.25, 0.3) is 0 Å². The highest BCUT2D eigenvalue weighted by Gasteiger charge is 2.41. The average Bonchev–Trinajstić information content (AvgIpc) is 2.75. The molecule has 2 unspecified atom stereocenters. The molecule has 21 heavy (non-hydrogen) atoms. The van der Waals surface area contributed by atoms with Crippen LogP contribution in [0.25, 0.3) is 0 Å². The Bertz CT molecular complexity index is 529. The molecule has 3 rings (SSSR count). The summed E-state index contributed by atoms with van der Waals surface area (Å²) in [6.45, 7) is 0. The lowest BCUT2D eigenvalue weighted by atomic mass is 9.84. The van der Waals surface area contributed by atoms with Crippen LogP contribution in [0, 0.1) is 5.92 Å². The number of rotatable bonds is 4. The first-order valence-corrected chi connectivity index (χ1v) is 7.62. The van der Waals surface area contributed by atoms with Crippen molar-refractivity contribution in [1.82, 2.24) is 4.90 Å². The Morgan fingerprint density at radius 1 is 1.14 bits per heavy atom. The third kappa shape index (κ3) is 2.53. The summed E-state index contributed by atoms with van der Waals surface area (Å²) in [5.41, 5.74) is 0.658. The van der Waals surface area contributed by atoms with Gasteiger partial charge in [-0.1, -0.05) is 0 Å². The van der Waals surface area contributed by atoms with Crippen molar-refractivity contribution in [1.29, 1.82) is 0 Å². The zero-order chi connectivity index (χ0) is 15.0. The zero-order valence-electron chi connectivity index (χ0n) is 13.0. The second kappa shape index (κ2) is 5.68. The summed E-state index contributed by atoms with van der Waals surface area (Å²) < 4.78 is 10.6. The Labute approximate surface area is 126 Å². The van der Waals surface area contributed by atoms with Crippen LogP contribution in [-0.4, -0.2) is 44.0 Å². The quantitative estimate of drug-likeness (QED) is 0.799. The minimum absolute atomic E-state index is 0.111. The number of benzene rings is 1. The number of ether oxygens (including phenoxy) is 2. The van der Waals surface area contributed by atoms with Gasteiger partial charge in [-0.2, -0.15) is 0 Å². The number of hydrogen-bond acceptors (Lipinski definition) is 4. The molecule has 2 fully saturated rings. The molecule has 0 spiro atoms. The molecule has 0 radical (unpaired) electrons. The molecular formula is C17H23NO3. The lowest BCUT2D eigenvalue weighted by Crippen LogP contribution is -2.42. The molecule has 0 saturated carbocycles. The summed E-state index contributed by atoms with van der Waals surface area (Å²) in [4.78, 5) is 15.4. The van der Waals surface area contributed by atoms with Crippen LogP contribution in [0.2, 0.25) is 0 Å². The van der Waals surface area contributed by atoms with Crippen molar-refractivity contribution >= 4 is 5.78 Å². The molecule has 0 aromatic heterocycles. The van der Waals surface area contributed by atoms with Crippen LogP contribution >= 0.6 is 0 Å². The van der Waals surface area contributed by atoms with E-state index < -0.39 is 0 Å². The van der Waals surface area contributed by atoms with E-state index in [1.807, 2.05) is 12.1 Å². The Hall–Kier alpha value is -1.55. The normalized spacial score (nSPS) is 28.4. The highest BCUT2D eigenvalue weighted by atomic mass is 16.5. The molecule has 0 N–H and O–H groups in total. The van der Waals surface area contributed by atoms with Crippen LogP contribution in [0.15, 0.2) is 18.2 Å². The average molecular weight is 289 g/mol. The summed E-state index contributed by atoms with van der Waals surface area (Å²) in [7, 11) is 5.41. The molecule has 2 aliphatic rings. The van der Waals surface area contributed by atoms with Crippen molar-refractivity contribution in [3.63, 3.8) is 0 Å². The van der Waals surface area contributed by atoms with E-state index in [4.69, 9.17) is 9.47 Å². The van der Waals surface area contributed by atoms with Gasteiger partial charge in [0.1, 0.15) is 11.5 Å². The van der Waals surface area contributed by atoms with E-state index in [1.165, 1.54) is 12.8 Å². The highest BCUT2D eigenvalue weighted by Crippen LogP contribution is 2.40. The van der Waals surface area contributed by atoms with Crippen molar-refractivity contribution in [3.05, 3.63) is 23.8 Å². The van der Waals surface area contributed by atoms with Gasteiger partial charge in [0.05, 0.1) is 19.8 Å². The first kappa shape index (κ1) is 14.4. The number of methoxy groups -OCH3 is 2. The fourth-order valence-electron chi connectivity index (χ4n) is 3.85. The fraction of sp³-hybridized carbons (Fsp3) is 0.588. The van der Waals surface area contributed by atoms with Crippen LogP contribution in [0.3, 0.4) is 0 Å². The van der Waals surface area contributed by atoms with Gasteiger partial charge in [-0.15, -0.1) is 0 Å². The molecule has 1 aromatic rings. The molecule has 114 valence electrons. The maximum Gasteiger partial charge on any atom is 0.169 e. The first-order chi connectivity index (χ1) is 10.1. The minimum atomic E-state index is 0.111. The van der Waals surface area contributed by atoms with E-state index in [0.29, 0.717) is 29.1 Å². The van der Waals surface area contributed by atoms with Crippen molar-refractivity contribution in [2.24, 2.45) is 5.92 Å². The van der Waals surface area contributed by atoms with Crippen molar-refractivity contribution in [2.45, 2.75) is 37.8 Å².